The van der Waals surface area contributed by atoms with E-state index >= 15 is 0 Å². The summed E-state index contributed by atoms with van der Waals surface area (Å²) in [5.41, 5.74) is 4.83. The Morgan fingerprint density at radius 3 is 2.17 bits per heavy atom. The van der Waals surface area contributed by atoms with Gasteiger partial charge >= 0.3 is 12.2 Å². The zero-order chi connectivity index (χ0) is 59.5. The van der Waals surface area contributed by atoms with Crippen LogP contribution in [0, 0.1) is 20.8 Å². The summed E-state index contributed by atoms with van der Waals surface area (Å²) in [5.74, 6) is -1.07. The van der Waals surface area contributed by atoms with Gasteiger partial charge in [-0.15, -0.1) is 0 Å². The minimum absolute atomic E-state index is 0.00290. The summed E-state index contributed by atoms with van der Waals surface area (Å²) in [6.45, 7) is 10.3. The van der Waals surface area contributed by atoms with Crippen molar-refractivity contribution in [2.45, 2.75) is 138 Å². The molecule has 21 nitrogen and oxygen atoms in total. The summed E-state index contributed by atoms with van der Waals surface area (Å²) in [6.07, 6.45) is 0.0372. The number of hydrazine groups is 1. The number of nitrogens with one attached hydrogen (secondary N) is 7. The molecular formula is C57H73F3N8O13S2. The van der Waals surface area contributed by atoms with E-state index in [9.17, 15) is 51.8 Å². The van der Waals surface area contributed by atoms with Gasteiger partial charge in [0.05, 0.1) is 50.2 Å². The van der Waals surface area contributed by atoms with E-state index in [1.165, 1.54) is 0 Å². The van der Waals surface area contributed by atoms with Gasteiger partial charge in [-0.25, -0.2) is 20.5 Å². The molecule has 5 heterocycles. The first-order valence-corrected chi connectivity index (χ1v) is 29.9. The fraction of sp³-hybridized carbons (Fsp3) is 0.561. The molecule has 4 fully saturated rings. The standard InChI is InChI=1S/C57H73F3N8O13S2/c1-33-34(2)49-40(35(3)48(33)71)19-20-55(4,81-49)32-80-39-17-11-36(12-18-39)29-44-52(74)68(54(76)83-44)46(70)30-41(63-50(72)37-13-15-38(16-14-37)56(66-67-56)57(58,59)60)51(73)62-22-8-24-78-26-28-79-27-25-77-23-7-21-61-45(69)10-6-5-9-43-47-42(31-82-43)64-53(75)65-47/h11-18,41-44,47,66-67,71H,5-10,19-32H2,1-4H3,(H,61,69)(H,62,73)(H,63,72)(H2,64,65,75)/t41-,42+,43+,44?,47+,55?/m1/s1. The van der Waals surface area contributed by atoms with E-state index in [0.717, 1.165) is 77.3 Å². The number of amides is 8. The highest BCUT2D eigenvalue weighted by Crippen LogP contribution is 2.44. The SMILES string of the molecule is Cc1c(C)c2c(c(C)c1O)CCC(C)(COc1ccc(CC3SC(=O)N(C(=O)C[C@@H](NC(=O)c4ccc(C5(C(F)(F)F)NN5)cc4)C(=O)NCCCOCCOCCOCCCNC(=O)CCCC[C@@H]4SC[C@@H]5NC(=O)N[C@@H]54)C3=O)cc1)O2. The van der Waals surface area contributed by atoms with Crippen molar-refractivity contribution >= 4 is 64.3 Å². The first kappa shape index (κ1) is 62.9. The van der Waals surface area contributed by atoms with Crippen LogP contribution in [-0.4, -0.2) is 156 Å². The number of thioether (sulfide) groups is 2. The van der Waals surface area contributed by atoms with E-state index in [-0.39, 0.29) is 80.3 Å². The number of ether oxygens (including phenoxy) is 5. The maximum absolute atomic E-state index is 13.8. The lowest BCUT2D eigenvalue weighted by atomic mass is 9.87. The van der Waals surface area contributed by atoms with Crippen molar-refractivity contribution in [3.8, 4) is 17.2 Å². The lowest BCUT2D eigenvalue weighted by Gasteiger charge is -2.37. The molecule has 0 radical (unpaired) electrons. The molecular weight excluding hydrogens is 1130 g/mol. The summed E-state index contributed by atoms with van der Waals surface area (Å²) < 4.78 is 70.5. The van der Waals surface area contributed by atoms with E-state index in [0.29, 0.717) is 91.7 Å². The Bertz CT molecular complexity index is 2850. The van der Waals surface area contributed by atoms with Crippen LogP contribution in [0.25, 0.3) is 0 Å². The number of imide groups is 3. The number of halogens is 3. The fourth-order valence-corrected chi connectivity index (χ4v) is 12.9. The molecule has 83 heavy (non-hydrogen) atoms. The van der Waals surface area contributed by atoms with Crippen LogP contribution in [-0.2, 0) is 51.9 Å². The van der Waals surface area contributed by atoms with Crippen molar-refractivity contribution in [1.82, 2.24) is 42.3 Å². The zero-order valence-electron chi connectivity index (χ0n) is 46.9. The van der Waals surface area contributed by atoms with Gasteiger partial charge in [-0.05, 0) is 125 Å². The molecule has 6 atom stereocenters. The summed E-state index contributed by atoms with van der Waals surface area (Å²) in [7, 11) is 0. The van der Waals surface area contributed by atoms with Crippen LogP contribution in [0.4, 0.5) is 22.8 Å². The molecule has 8 rings (SSSR count). The van der Waals surface area contributed by atoms with Gasteiger partial charge in [0.25, 0.3) is 17.1 Å². The van der Waals surface area contributed by atoms with Gasteiger partial charge in [-0.1, -0.05) is 42.4 Å². The number of rotatable bonds is 30. The number of urea groups is 1. The van der Waals surface area contributed by atoms with Crippen LogP contribution in [0.3, 0.4) is 0 Å². The van der Waals surface area contributed by atoms with Crippen molar-refractivity contribution in [3.05, 3.63) is 87.5 Å². The van der Waals surface area contributed by atoms with Crippen LogP contribution >= 0.6 is 23.5 Å². The van der Waals surface area contributed by atoms with Gasteiger partial charge in [0.15, 0.2) is 0 Å². The number of phenols is 1. The van der Waals surface area contributed by atoms with Crippen LogP contribution < -0.4 is 46.9 Å². The van der Waals surface area contributed by atoms with Crippen LogP contribution in [0.15, 0.2) is 48.5 Å². The number of aromatic hydroxyl groups is 1. The minimum atomic E-state index is -4.69. The Kier molecular flexibility index (Phi) is 21.3. The second-order valence-corrected chi connectivity index (χ2v) is 23.9. The number of carbonyl (C=O) groups is 7. The number of phenolic OH excluding ortho intramolecular Hbond substituents is 1. The molecule has 0 spiro atoms. The number of unbranched alkanes of at least 4 members (excludes halogenated alkanes) is 1. The summed E-state index contributed by atoms with van der Waals surface area (Å²) >= 11 is 2.52. The largest absolute Gasteiger partial charge is 0.507 e. The lowest BCUT2D eigenvalue weighted by Crippen LogP contribution is -2.50. The average molecular weight is 1200 g/mol. The molecule has 5 aliphatic heterocycles. The summed E-state index contributed by atoms with van der Waals surface area (Å²) in [6, 6.07) is 10.1. The lowest BCUT2D eigenvalue weighted by molar-refractivity contribution is -0.165. The predicted molar refractivity (Wildman–Crippen MR) is 302 cm³/mol. The third-order valence-corrected chi connectivity index (χ3v) is 18.0. The molecule has 0 aliphatic carbocycles. The molecule has 4 saturated heterocycles. The molecule has 8 N–H and O–H groups in total. The van der Waals surface area contributed by atoms with E-state index < -0.39 is 64.0 Å². The van der Waals surface area contributed by atoms with Crippen molar-refractivity contribution < 1.29 is 75.5 Å². The van der Waals surface area contributed by atoms with Crippen molar-refractivity contribution in [2.75, 3.05) is 65.1 Å². The molecule has 0 aromatic heterocycles. The van der Waals surface area contributed by atoms with Crippen LogP contribution in [0.5, 0.6) is 17.2 Å². The number of hydrogen-bond acceptors (Lipinski definition) is 17. The van der Waals surface area contributed by atoms with Crippen molar-refractivity contribution in [2.24, 2.45) is 0 Å². The first-order valence-electron chi connectivity index (χ1n) is 28.0. The Labute approximate surface area is 488 Å². The van der Waals surface area contributed by atoms with E-state index in [4.69, 9.17) is 23.7 Å². The topological polar surface area (TPSA) is 293 Å². The molecule has 2 unspecified atom stereocenters. The molecule has 0 saturated carbocycles. The maximum atomic E-state index is 13.8. The molecule has 8 amide bonds. The fourth-order valence-electron chi connectivity index (χ4n) is 10.3. The second-order valence-electron chi connectivity index (χ2n) is 21.5. The second kappa shape index (κ2) is 28.2. The minimum Gasteiger partial charge on any atom is -0.507 e. The number of fused-ring (bicyclic) bond motifs is 2. The summed E-state index contributed by atoms with van der Waals surface area (Å²) in [5, 5.41) is 23.1. The van der Waals surface area contributed by atoms with Gasteiger partial charge in [0.2, 0.25) is 23.4 Å². The first-order chi connectivity index (χ1) is 39.7. The van der Waals surface area contributed by atoms with Gasteiger partial charge in [0.1, 0.15) is 35.5 Å². The van der Waals surface area contributed by atoms with E-state index in [2.05, 4.69) is 37.4 Å². The Morgan fingerprint density at radius 1 is 0.843 bits per heavy atom. The number of hydrogen-bond donors (Lipinski definition) is 8. The Balaban J connectivity index is 0.734. The molecule has 26 heteroatoms. The monoisotopic (exact) mass is 1200 g/mol. The van der Waals surface area contributed by atoms with Crippen molar-refractivity contribution in [3.63, 3.8) is 0 Å². The molecule has 3 aromatic carbocycles. The quantitative estimate of drug-likeness (QED) is 0.0235. The molecule has 3 aromatic rings. The number of benzene rings is 3. The molecule has 5 aliphatic rings. The average Bonchev–Trinajstić information content (AvgIpc) is 2.30. The summed E-state index contributed by atoms with van der Waals surface area (Å²) in [4.78, 5) is 92.2. The van der Waals surface area contributed by atoms with E-state index in [1.54, 1.807) is 24.3 Å². The van der Waals surface area contributed by atoms with Crippen LogP contribution in [0.2, 0.25) is 0 Å². The smallest absolute Gasteiger partial charge is 0.426 e. The third kappa shape index (κ3) is 16.0. The number of alkyl halides is 3. The van der Waals surface area contributed by atoms with E-state index in [1.807, 2.05) is 39.5 Å². The normalized spacial score (nSPS) is 21.8. The van der Waals surface area contributed by atoms with Crippen molar-refractivity contribution in [1.29, 1.82) is 0 Å². The number of nitrogens with zero attached hydrogens (tertiary/aromatic N) is 1. The predicted octanol–water partition coefficient (Wildman–Crippen LogP) is 5.41. The molecule has 452 valence electrons. The van der Waals surface area contributed by atoms with Gasteiger partial charge in [0, 0.05) is 54.9 Å². The molecule has 0 bridgehead atoms. The van der Waals surface area contributed by atoms with Gasteiger partial charge in [-0.3, -0.25) is 28.8 Å². The highest BCUT2D eigenvalue weighted by Gasteiger charge is 2.65. The zero-order valence-corrected chi connectivity index (χ0v) is 48.5. The third-order valence-electron chi connectivity index (χ3n) is 15.4. The highest BCUT2D eigenvalue weighted by atomic mass is 32.2. The number of carbonyl (C=O) groups excluding carboxylic acids is 7. The van der Waals surface area contributed by atoms with Crippen LogP contribution in [0.1, 0.15) is 102 Å². The van der Waals surface area contributed by atoms with Gasteiger partial charge < -0.3 is 55.4 Å². The Hall–Kier alpha value is -6.16. The Morgan fingerprint density at radius 2 is 1.51 bits per heavy atom. The highest BCUT2D eigenvalue weighted by molar-refractivity contribution is 8.15. The maximum Gasteiger partial charge on any atom is 0.426 e. The van der Waals surface area contributed by atoms with Gasteiger partial charge in [-0.2, -0.15) is 24.9 Å².